The van der Waals surface area contributed by atoms with Crippen molar-refractivity contribution in [2.75, 3.05) is 25.2 Å². The summed E-state index contributed by atoms with van der Waals surface area (Å²) < 4.78 is 30.8. The van der Waals surface area contributed by atoms with E-state index >= 15 is 0 Å². The second kappa shape index (κ2) is 8.95. The largest absolute Gasteiger partial charge is 0.411 e. The zero-order valence-electron chi connectivity index (χ0n) is 15.5. The number of aromatic nitrogens is 2. The van der Waals surface area contributed by atoms with Gasteiger partial charge in [0.2, 0.25) is 21.8 Å². The van der Waals surface area contributed by atoms with Crippen molar-refractivity contribution >= 4 is 45.0 Å². The van der Waals surface area contributed by atoms with E-state index in [1.165, 1.54) is 38.4 Å². The van der Waals surface area contributed by atoms with E-state index in [0.717, 1.165) is 21.6 Å². The monoisotopic (exact) mass is 452 g/mol. The standard InChI is InChI=1S/C18H17ClN4O4S2/c1-23(2)29(25,26)15-9-7-14(8-10-15)20-16(24)11-28-18-22-21-17(27-18)12-3-5-13(19)6-4-12/h3-10H,11H2,1-2H3,(H,20,24). The number of rotatable bonds is 7. The minimum Gasteiger partial charge on any atom is -0.411 e. The van der Waals surface area contributed by atoms with Crippen molar-refractivity contribution < 1.29 is 17.6 Å². The molecule has 0 fully saturated rings. The number of thioether (sulfide) groups is 1. The number of benzene rings is 2. The van der Waals surface area contributed by atoms with Gasteiger partial charge in [-0.2, -0.15) is 0 Å². The summed E-state index contributed by atoms with van der Waals surface area (Å²) in [5.74, 6) is 0.103. The first kappa shape index (κ1) is 21.3. The lowest BCUT2D eigenvalue weighted by molar-refractivity contribution is -0.113. The third kappa shape index (κ3) is 5.36. The Bertz CT molecular complexity index is 1100. The summed E-state index contributed by atoms with van der Waals surface area (Å²) >= 11 is 6.95. The molecule has 0 atom stereocenters. The first-order chi connectivity index (χ1) is 13.8. The van der Waals surface area contributed by atoms with Crippen LogP contribution in [-0.4, -0.2) is 48.7 Å². The smallest absolute Gasteiger partial charge is 0.277 e. The molecule has 2 aromatic carbocycles. The summed E-state index contributed by atoms with van der Waals surface area (Å²) in [6, 6.07) is 12.9. The number of hydrogen-bond donors (Lipinski definition) is 1. The summed E-state index contributed by atoms with van der Waals surface area (Å²) in [7, 11) is -0.597. The molecule has 0 saturated carbocycles. The van der Waals surface area contributed by atoms with Crippen LogP contribution in [0, 0.1) is 0 Å². The Hall–Kier alpha value is -2.40. The maximum Gasteiger partial charge on any atom is 0.277 e. The van der Waals surface area contributed by atoms with Crippen LogP contribution < -0.4 is 5.32 Å². The maximum atomic E-state index is 12.1. The van der Waals surface area contributed by atoms with Crippen molar-refractivity contribution in [3.05, 3.63) is 53.6 Å². The van der Waals surface area contributed by atoms with Gasteiger partial charge in [0.15, 0.2) is 0 Å². The fourth-order valence-electron chi connectivity index (χ4n) is 2.22. The molecular weight excluding hydrogens is 436 g/mol. The maximum absolute atomic E-state index is 12.1. The number of carbonyl (C=O) groups excluding carboxylic acids is 1. The van der Waals surface area contributed by atoms with Crippen LogP contribution in [0.15, 0.2) is 63.1 Å². The number of carbonyl (C=O) groups is 1. The van der Waals surface area contributed by atoms with Gasteiger partial charge in [-0.15, -0.1) is 10.2 Å². The summed E-state index contributed by atoms with van der Waals surface area (Å²) in [6.07, 6.45) is 0. The molecule has 0 radical (unpaired) electrons. The van der Waals surface area contributed by atoms with Gasteiger partial charge in [-0.05, 0) is 48.5 Å². The van der Waals surface area contributed by atoms with E-state index in [1.807, 2.05) is 0 Å². The van der Waals surface area contributed by atoms with Crippen LogP contribution in [0.25, 0.3) is 11.5 Å². The highest BCUT2D eigenvalue weighted by Crippen LogP contribution is 2.24. The molecule has 152 valence electrons. The highest BCUT2D eigenvalue weighted by atomic mass is 35.5. The molecule has 0 aliphatic heterocycles. The molecule has 1 N–H and O–H groups in total. The highest BCUT2D eigenvalue weighted by Gasteiger charge is 2.17. The first-order valence-electron chi connectivity index (χ1n) is 8.30. The Balaban J connectivity index is 1.56. The third-order valence-electron chi connectivity index (χ3n) is 3.74. The molecule has 1 heterocycles. The SMILES string of the molecule is CN(C)S(=O)(=O)c1ccc(NC(=O)CSc2nnc(-c3ccc(Cl)cc3)o2)cc1. The fraction of sp³-hybridized carbons (Fsp3) is 0.167. The molecule has 8 nitrogen and oxygen atoms in total. The minimum absolute atomic E-state index is 0.0556. The van der Waals surface area contributed by atoms with E-state index in [-0.39, 0.29) is 21.8 Å². The van der Waals surface area contributed by atoms with Gasteiger partial charge in [-0.1, -0.05) is 23.4 Å². The van der Waals surface area contributed by atoms with Crippen molar-refractivity contribution in [2.45, 2.75) is 10.1 Å². The van der Waals surface area contributed by atoms with Crippen LogP contribution >= 0.6 is 23.4 Å². The molecular formula is C18H17ClN4O4S2. The number of amides is 1. The average molecular weight is 453 g/mol. The van der Waals surface area contributed by atoms with Crippen molar-refractivity contribution in [3.8, 4) is 11.5 Å². The zero-order chi connectivity index (χ0) is 21.0. The van der Waals surface area contributed by atoms with Gasteiger partial charge in [0.1, 0.15) is 0 Å². The Morgan fingerprint density at radius 3 is 2.38 bits per heavy atom. The summed E-state index contributed by atoms with van der Waals surface area (Å²) in [4.78, 5) is 12.3. The Kier molecular flexibility index (Phi) is 6.58. The van der Waals surface area contributed by atoms with E-state index in [0.29, 0.717) is 16.6 Å². The summed E-state index contributed by atoms with van der Waals surface area (Å²) in [6.45, 7) is 0. The molecule has 3 aromatic rings. The Labute approximate surface area is 177 Å². The number of hydrogen-bond acceptors (Lipinski definition) is 7. The van der Waals surface area contributed by atoms with Crippen LogP contribution in [0.3, 0.4) is 0 Å². The number of halogens is 1. The molecule has 3 rings (SSSR count). The molecule has 1 aromatic heterocycles. The molecule has 29 heavy (non-hydrogen) atoms. The molecule has 0 aliphatic rings. The van der Waals surface area contributed by atoms with E-state index in [9.17, 15) is 13.2 Å². The van der Waals surface area contributed by atoms with E-state index < -0.39 is 10.0 Å². The average Bonchev–Trinajstić information content (AvgIpc) is 3.16. The molecule has 0 bridgehead atoms. The van der Waals surface area contributed by atoms with Crippen molar-refractivity contribution in [2.24, 2.45) is 0 Å². The van der Waals surface area contributed by atoms with E-state index in [1.54, 1.807) is 24.3 Å². The quantitative estimate of drug-likeness (QED) is 0.548. The van der Waals surface area contributed by atoms with Crippen molar-refractivity contribution in [3.63, 3.8) is 0 Å². The molecule has 1 amide bonds. The lowest BCUT2D eigenvalue weighted by atomic mass is 10.2. The van der Waals surface area contributed by atoms with Crippen molar-refractivity contribution in [1.82, 2.24) is 14.5 Å². The van der Waals surface area contributed by atoms with Gasteiger partial charge in [0, 0.05) is 30.4 Å². The second-order valence-electron chi connectivity index (χ2n) is 6.03. The van der Waals surface area contributed by atoms with E-state index in [2.05, 4.69) is 15.5 Å². The van der Waals surface area contributed by atoms with Gasteiger partial charge >= 0.3 is 0 Å². The molecule has 0 unspecified atom stereocenters. The van der Waals surface area contributed by atoms with Crippen LogP contribution in [0.1, 0.15) is 0 Å². The lowest BCUT2D eigenvalue weighted by Crippen LogP contribution is -2.22. The Morgan fingerprint density at radius 2 is 1.76 bits per heavy atom. The van der Waals surface area contributed by atoms with Crippen LogP contribution in [0.2, 0.25) is 5.02 Å². The molecule has 0 aliphatic carbocycles. The van der Waals surface area contributed by atoms with Crippen LogP contribution in [0.4, 0.5) is 5.69 Å². The predicted molar refractivity (Wildman–Crippen MR) is 111 cm³/mol. The topological polar surface area (TPSA) is 105 Å². The van der Waals surface area contributed by atoms with Crippen molar-refractivity contribution in [1.29, 1.82) is 0 Å². The first-order valence-corrected chi connectivity index (χ1v) is 11.1. The lowest BCUT2D eigenvalue weighted by Gasteiger charge is -2.11. The third-order valence-corrected chi connectivity index (χ3v) is 6.64. The van der Waals surface area contributed by atoms with Crippen LogP contribution in [0.5, 0.6) is 0 Å². The van der Waals surface area contributed by atoms with Gasteiger partial charge < -0.3 is 9.73 Å². The molecule has 0 spiro atoms. The van der Waals surface area contributed by atoms with Gasteiger partial charge in [0.05, 0.1) is 10.6 Å². The fourth-order valence-corrected chi connectivity index (χ4v) is 3.81. The van der Waals surface area contributed by atoms with E-state index in [4.69, 9.17) is 16.0 Å². The molecule has 11 heteroatoms. The number of sulfonamides is 1. The summed E-state index contributed by atoms with van der Waals surface area (Å²) in [5, 5.41) is 11.4. The number of nitrogens with one attached hydrogen (secondary N) is 1. The number of nitrogens with zero attached hydrogens (tertiary/aromatic N) is 3. The van der Waals surface area contributed by atoms with Gasteiger partial charge in [-0.3, -0.25) is 4.79 Å². The Morgan fingerprint density at radius 1 is 1.10 bits per heavy atom. The number of anilines is 1. The highest BCUT2D eigenvalue weighted by molar-refractivity contribution is 7.99. The van der Waals surface area contributed by atoms with Gasteiger partial charge in [0.25, 0.3) is 5.22 Å². The van der Waals surface area contributed by atoms with Gasteiger partial charge in [-0.25, -0.2) is 12.7 Å². The van der Waals surface area contributed by atoms with Crippen LogP contribution in [-0.2, 0) is 14.8 Å². The summed E-state index contributed by atoms with van der Waals surface area (Å²) in [5.41, 5.74) is 1.21. The second-order valence-corrected chi connectivity index (χ2v) is 9.54. The predicted octanol–water partition coefficient (Wildman–Crippen LogP) is 3.37. The minimum atomic E-state index is -3.51. The zero-order valence-corrected chi connectivity index (χ0v) is 17.9. The molecule has 0 saturated heterocycles. The normalized spacial score (nSPS) is 11.6.